The van der Waals surface area contributed by atoms with Crippen molar-refractivity contribution >= 4 is 12.6 Å². The van der Waals surface area contributed by atoms with Crippen LogP contribution in [-0.4, -0.2) is 29.1 Å². The van der Waals surface area contributed by atoms with Crippen LogP contribution in [-0.2, 0) is 15.9 Å². The Balaban J connectivity index is 1.70. The normalized spacial score (nSPS) is 17.9. The summed E-state index contributed by atoms with van der Waals surface area (Å²) in [4.78, 5) is 0. The maximum Gasteiger partial charge on any atom is 0.497 e. The maximum absolute atomic E-state index is 5.82. The van der Waals surface area contributed by atoms with Crippen LogP contribution in [0.1, 0.15) is 19.4 Å². The molecule has 4 nitrogen and oxygen atoms in total. The lowest BCUT2D eigenvalue weighted by Crippen LogP contribution is -2.33. The fourth-order valence-electron chi connectivity index (χ4n) is 2.16. The first-order valence-electron chi connectivity index (χ1n) is 6.48. The van der Waals surface area contributed by atoms with Crippen molar-refractivity contribution in [3.8, 4) is 0 Å². The van der Waals surface area contributed by atoms with Crippen molar-refractivity contribution in [3.05, 3.63) is 48.3 Å². The van der Waals surface area contributed by atoms with Crippen LogP contribution in [0.2, 0.25) is 0 Å². The molecule has 1 fully saturated rings. The molecule has 2 heterocycles. The van der Waals surface area contributed by atoms with Crippen molar-refractivity contribution in [3.63, 3.8) is 0 Å². The van der Waals surface area contributed by atoms with Gasteiger partial charge in [-0.25, -0.2) is 0 Å². The maximum atomic E-state index is 5.82. The second kappa shape index (κ2) is 4.83. The van der Waals surface area contributed by atoms with Gasteiger partial charge in [0.2, 0.25) is 0 Å². The van der Waals surface area contributed by atoms with Crippen LogP contribution < -0.4 is 5.46 Å². The van der Waals surface area contributed by atoms with Gasteiger partial charge in [0.1, 0.15) is 0 Å². The zero-order valence-electron chi connectivity index (χ0n) is 11.2. The first kappa shape index (κ1) is 12.4. The molecule has 2 aromatic rings. The Morgan fingerprint density at radius 1 is 1.32 bits per heavy atom. The van der Waals surface area contributed by atoms with Crippen LogP contribution >= 0.6 is 0 Å². The summed E-state index contributed by atoms with van der Waals surface area (Å²) in [6, 6.07) is 10.3. The van der Waals surface area contributed by atoms with E-state index in [-0.39, 0.29) is 12.7 Å². The van der Waals surface area contributed by atoms with Crippen molar-refractivity contribution in [1.82, 2.24) is 9.78 Å². The van der Waals surface area contributed by atoms with Gasteiger partial charge < -0.3 is 9.31 Å². The van der Waals surface area contributed by atoms with E-state index in [2.05, 4.69) is 17.2 Å². The van der Waals surface area contributed by atoms with Crippen LogP contribution in [0.4, 0.5) is 0 Å². The number of rotatable bonds is 3. The van der Waals surface area contributed by atoms with Gasteiger partial charge >= 0.3 is 7.12 Å². The monoisotopic (exact) mass is 256 g/mol. The summed E-state index contributed by atoms with van der Waals surface area (Å²) in [5.74, 6) is 0. The van der Waals surface area contributed by atoms with E-state index < -0.39 is 0 Å². The molecule has 1 aliphatic rings. The molecule has 19 heavy (non-hydrogen) atoms. The zero-order valence-corrected chi connectivity index (χ0v) is 11.2. The zero-order chi connectivity index (χ0) is 13.3. The lowest BCUT2D eigenvalue weighted by Gasteiger charge is -2.14. The lowest BCUT2D eigenvalue weighted by molar-refractivity contribution is 0.137. The molecule has 1 aromatic carbocycles. The molecule has 0 N–H and O–H groups in total. The van der Waals surface area contributed by atoms with E-state index in [1.807, 2.05) is 49.1 Å². The highest BCUT2D eigenvalue weighted by atomic mass is 16.7. The van der Waals surface area contributed by atoms with E-state index >= 15 is 0 Å². The third-order valence-electron chi connectivity index (χ3n) is 3.12. The van der Waals surface area contributed by atoms with Gasteiger partial charge in [-0.05, 0) is 19.4 Å². The van der Waals surface area contributed by atoms with Gasteiger partial charge in [0.25, 0.3) is 0 Å². The smallest absolute Gasteiger partial charge is 0.404 e. The van der Waals surface area contributed by atoms with E-state index in [0.717, 1.165) is 12.0 Å². The van der Waals surface area contributed by atoms with E-state index in [4.69, 9.17) is 9.31 Å². The predicted octanol–water partition coefficient (Wildman–Crippen LogP) is 1.45. The molecule has 1 aliphatic heterocycles. The first-order chi connectivity index (χ1) is 9.12. The summed E-state index contributed by atoms with van der Waals surface area (Å²) >= 11 is 0. The average Bonchev–Trinajstić information content (AvgIpc) is 2.97. The van der Waals surface area contributed by atoms with E-state index in [1.165, 1.54) is 5.56 Å². The Kier molecular flexibility index (Phi) is 3.17. The van der Waals surface area contributed by atoms with Crippen molar-refractivity contribution in [2.24, 2.45) is 0 Å². The molecule has 0 radical (unpaired) electrons. The Hall–Kier alpha value is -1.59. The van der Waals surface area contributed by atoms with E-state index in [9.17, 15) is 0 Å². The summed E-state index contributed by atoms with van der Waals surface area (Å²) in [7, 11) is -0.292. The van der Waals surface area contributed by atoms with Crippen LogP contribution in [0.25, 0.3) is 0 Å². The van der Waals surface area contributed by atoms with Crippen molar-refractivity contribution in [2.45, 2.75) is 26.0 Å². The summed E-state index contributed by atoms with van der Waals surface area (Å²) in [6.07, 6.45) is 3.80. The summed E-state index contributed by atoms with van der Waals surface area (Å²) in [5, 5.41) is 4.36. The molecule has 0 atom stereocenters. The molecule has 0 aliphatic carbocycles. The molecule has 5 heteroatoms. The van der Waals surface area contributed by atoms with Gasteiger partial charge in [0, 0.05) is 17.9 Å². The van der Waals surface area contributed by atoms with Crippen molar-refractivity contribution < 1.29 is 9.31 Å². The number of benzene rings is 1. The fraction of sp³-hybridized carbons (Fsp3) is 0.357. The molecule has 0 unspecified atom stereocenters. The summed E-state index contributed by atoms with van der Waals surface area (Å²) in [5.41, 5.74) is 1.99. The third kappa shape index (κ3) is 2.88. The number of hydrogen-bond donors (Lipinski definition) is 0. The Labute approximate surface area is 113 Å². The second-order valence-corrected chi connectivity index (χ2v) is 5.48. The minimum Gasteiger partial charge on any atom is -0.404 e. The van der Waals surface area contributed by atoms with Gasteiger partial charge in [-0.3, -0.25) is 4.68 Å². The Morgan fingerprint density at radius 3 is 2.79 bits per heavy atom. The molecular formula is C14H17BN2O2. The molecule has 1 aromatic heterocycles. The number of nitrogens with zero attached hydrogens (tertiary/aromatic N) is 2. The Bertz CT molecular complexity index is 554. The Morgan fingerprint density at radius 2 is 2.11 bits per heavy atom. The van der Waals surface area contributed by atoms with Gasteiger partial charge in [0.05, 0.1) is 18.8 Å². The molecule has 0 spiro atoms. The topological polar surface area (TPSA) is 36.3 Å². The van der Waals surface area contributed by atoms with E-state index in [0.29, 0.717) is 6.61 Å². The van der Waals surface area contributed by atoms with Gasteiger partial charge in [-0.1, -0.05) is 30.3 Å². The third-order valence-corrected chi connectivity index (χ3v) is 3.12. The molecule has 1 saturated heterocycles. The molecule has 0 bridgehead atoms. The predicted molar refractivity (Wildman–Crippen MR) is 74.3 cm³/mol. The summed E-state index contributed by atoms with van der Waals surface area (Å²) in [6.45, 7) is 5.43. The van der Waals surface area contributed by atoms with E-state index in [1.54, 1.807) is 0 Å². The van der Waals surface area contributed by atoms with Gasteiger partial charge in [-0.15, -0.1) is 0 Å². The molecule has 0 saturated carbocycles. The lowest BCUT2D eigenvalue weighted by atomic mass is 9.82. The summed E-state index contributed by atoms with van der Waals surface area (Å²) < 4.78 is 13.4. The van der Waals surface area contributed by atoms with Crippen LogP contribution in [0.3, 0.4) is 0 Å². The SMILES string of the molecule is CC1(C)COB(c2cnn(Cc3ccccc3)c2)O1. The highest BCUT2D eigenvalue weighted by Gasteiger charge is 2.38. The van der Waals surface area contributed by atoms with Gasteiger partial charge in [-0.2, -0.15) is 5.10 Å². The highest BCUT2D eigenvalue weighted by molar-refractivity contribution is 6.61. The van der Waals surface area contributed by atoms with Crippen LogP contribution in [0.5, 0.6) is 0 Å². The van der Waals surface area contributed by atoms with Crippen molar-refractivity contribution in [2.75, 3.05) is 6.61 Å². The average molecular weight is 256 g/mol. The first-order valence-corrected chi connectivity index (χ1v) is 6.48. The molecule has 0 amide bonds. The van der Waals surface area contributed by atoms with Gasteiger partial charge in [0.15, 0.2) is 0 Å². The minimum absolute atomic E-state index is 0.216. The largest absolute Gasteiger partial charge is 0.497 e. The molecule has 98 valence electrons. The quantitative estimate of drug-likeness (QED) is 0.780. The van der Waals surface area contributed by atoms with Crippen LogP contribution in [0, 0.1) is 0 Å². The van der Waals surface area contributed by atoms with Crippen LogP contribution in [0.15, 0.2) is 42.7 Å². The van der Waals surface area contributed by atoms with Crippen molar-refractivity contribution in [1.29, 1.82) is 0 Å². The standard InChI is InChI=1S/C14H17BN2O2/c1-14(2)11-18-15(19-14)13-8-16-17(10-13)9-12-6-4-3-5-7-12/h3-8,10H,9,11H2,1-2H3. The minimum atomic E-state index is -0.292. The molecule has 3 rings (SSSR count). The number of aromatic nitrogens is 2. The second-order valence-electron chi connectivity index (χ2n) is 5.48. The number of hydrogen-bond acceptors (Lipinski definition) is 3. The fourth-order valence-corrected chi connectivity index (χ4v) is 2.16. The highest BCUT2D eigenvalue weighted by Crippen LogP contribution is 2.19. The molecular weight excluding hydrogens is 239 g/mol.